The second kappa shape index (κ2) is 6.58. The van der Waals surface area contributed by atoms with E-state index in [0.29, 0.717) is 12.2 Å². The van der Waals surface area contributed by atoms with Crippen molar-refractivity contribution in [3.8, 4) is 0 Å². The van der Waals surface area contributed by atoms with Crippen molar-refractivity contribution < 1.29 is 8.78 Å². The summed E-state index contributed by atoms with van der Waals surface area (Å²) >= 11 is 0. The molecule has 2 rings (SSSR count). The van der Waals surface area contributed by atoms with E-state index in [9.17, 15) is 13.6 Å². The Labute approximate surface area is 121 Å². The lowest BCUT2D eigenvalue weighted by Gasteiger charge is -2.20. The minimum atomic E-state index is -0.898. The van der Waals surface area contributed by atoms with Gasteiger partial charge in [0.15, 0.2) is 11.6 Å². The third-order valence-electron chi connectivity index (χ3n) is 3.20. The van der Waals surface area contributed by atoms with E-state index in [-0.39, 0.29) is 17.7 Å². The average Bonchev–Trinajstić information content (AvgIpc) is 2.44. The summed E-state index contributed by atoms with van der Waals surface area (Å²) in [4.78, 5) is 15.9. The average molecular weight is 293 g/mol. The summed E-state index contributed by atoms with van der Waals surface area (Å²) in [5, 5.41) is 3.06. The van der Waals surface area contributed by atoms with Crippen LogP contribution in [0.1, 0.15) is 24.2 Å². The van der Waals surface area contributed by atoms with E-state index in [1.807, 2.05) is 6.92 Å². The molecule has 1 N–H and O–H groups in total. The van der Waals surface area contributed by atoms with Gasteiger partial charge in [0.2, 0.25) is 0 Å². The summed E-state index contributed by atoms with van der Waals surface area (Å²) in [5.74, 6) is -1.79. The first-order valence-corrected chi connectivity index (χ1v) is 6.73. The third-order valence-corrected chi connectivity index (χ3v) is 3.20. The predicted octanol–water partition coefficient (Wildman–Crippen LogP) is 2.18. The predicted molar refractivity (Wildman–Crippen MR) is 76.0 cm³/mol. The summed E-state index contributed by atoms with van der Waals surface area (Å²) in [5.41, 5.74) is 0.597. The molecule has 1 aromatic carbocycles. The van der Waals surface area contributed by atoms with Gasteiger partial charge >= 0.3 is 0 Å². The van der Waals surface area contributed by atoms with Gasteiger partial charge in [0.05, 0.1) is 12.4 Å². The standard InChI is InChI=1S/C15H17F2N3O/c1-3-18-13(11-5-4-6-12(16)15(11)17)8-20-9-19-10(2)7-14(20)21/h4-7,9,13,18H,3,8H2,1-2H3. The molecule has 1 heterocycles. The van der Waals surface area contributed by atoms with Crippen molar-refractivity contribution >= 4 is 0 Å². The van der Waals surface area contributed by atoms with Crippen molar-refractivity contribution in [2.24, 2.45) is 0 Å². The number of aryl methyl sites for hydroxylation is 1. The number of aromatic nitrogens is 2. The van der Waals surface area contributed by atoms with Crippen molar-refractivity contribution in [1.29, 1.82) is 0 Å². The molecule has 0 aliphatic rings. The van der Waals surface area contributed by atoms with Gasteiger partial charge in [-0.2, -0.15) is 0 Å². The second-order valence-corrected chi connectivity index (χ2v) is 4.77. The van der Waals surface area contributed by atoms with Crippen LogP contribution in [-0.2, 0) is 6.54 Å². The fraction of sp³-hybridized carbons (Fsp3) is 0.333. The van der Waals surface area contributed by atoms with Crippen LogP contribution >= 0.6 is 0 Å². The van der Waals surface area contributed by atoms with Crippen LogP contribution in [0.5, 0.6) is 0 Å². The van der Waals surface area contributed by atoms with Gasteiger partial charge in [-0.25, -0.2) is 13.8 Å². The van der Waals surface area contributed by atoms with Gasteiger partial charge in [0.25, 0.3) is 5.56 Å². The lowest BCUT2D eigenvalue weighted by atomic mass is 10.1. The number of likely N-dealkylation sites (N-methyl/N-ethyl adjacent to an activating group) is 1. The molecule has 0 spiro atoms. The molecule has 112 valence electrons. The summed E-state index contributed by atoms with van der Waals surface area (Å²) in [6.07, 6.45) is 1.42. The Morgan fingerprint density at radius 3 is 2.81 bits per heavy atom. The zero-order chi connectivity index (χ0) is 15.4. The second-order valence-electron chi connectivity index (χ2n) is 4.77. The first-order valence-electron chi connectivity index (χ1n) is 6.73. The molecule has 1 unspecified atom stereocenters. The third kappa shape index (κ3) is 3.52. The van der Waals surface area contributed by atoms with Crippen LogP contribution < -0.4 is 10.9 Å². The maximum atomic E-state index is 13.9. The summed E-state index contributed by atoms with van der Waals surface area (Å²) in [6.45, 7) is 4.33. The van der Waals surface area contributed by atoms with E-state index in [4.69, 9.17) is 0 Å². The zero-order valence-corrected chi connectivity index (χ0v) is 11.9. The van der Waals surface area contributed by atoms with Gasteiger partial charge in [-0.15, -0.1) is 0 Å². The minimum Gasteiger partial charge on any atom is -0.309 e. The van der Waals surface area contributed by atoms with E-state index >= 15 is 0 Å². The van der Waals surface area contributed by atoms with Crippen LogP contribution in [0.4, 0.5) is 8.78 Å². The highest BCUT2D eigenvalue weighted by atomic mass is 19.2. The van der Waals surface area contributed by atoms with Gasteiger partial charge in [-0.1, -0.05) is 19.1 Å². The van der Waals surface area contributed by atoms with Gasteiger partial charge in [-0.3, -0.25) is 9.36 Å². The van der Waals surface area contributed by atoms with E-state index < -0.39 is 17.7 Å². The molecule has 2 aromatic rings. The molecular weight excluding hydrogens is 276 g/mol. The molecule has 0 aliphatic heterocycles. The number of hydrogen-bond acceptors (Lipinski definition) is 3. The lowest BCUT2D eigenvalue weighted by molar-refractivity contribution is 0.426. The molecule has 4 nitrogen and oxygen atoms in total. The molecule has 21 heavy (non-hydrogen) atoms. The number of rotatable bonds is 5. The molecule has 6 heteroatoms. The lowest BCUT2D eigenvalue weighted by Crippen LogP contribution is -2.31. The Morgan fingerprint density at radius 1 is 1.38 bits per heavy atom. The topological polar surface area (TPSA) is 46.9 Å². The van der Waals surface area contributed by atoms with E-state index in [1.54, 1.807) is 6.92 Å². The van der Waals surface area contributed by atoms with Crippen molar-refractivity contribution in [3.63, 3.8) is 0 Å². The number of nitrogens with one attached hydrogen (secondary N) is 1. The van der Waals surface area contributed by atoms with Crippen molar-refractivity contribution in [2.75, 3.05) is 6.54 Å². The Balaban J connectivity index is 2.35. The Morgan fingerprint density at radius 2 is 2.14 bits per heavy atom. The maximum absolute atomic E-state index is 13.9. The SMILES string of the molecule is CCNC(Cn1cnc(C)cc1=O)c1cccc(F)c1F. The van der Waals surface area contributed by atoms with Gasteiger partial charge in [-0.05, 0) is 19.5 Å². The fourth-order valence-electron chi connectivity index (χ4n) is 2.16. The highest BCUT2D eigenvalue weighted by Gasteiger charge is 2.18. The molecule has 0 radical (unpaired) electrons. The van der Waals surface area contributed by atoms with Crippen molar-refractivity contribution in [1.82, 2.24) is 14.9 Å². The van der Waals surface area contributed by atoms with Crippen LogP contribution in [0.2, 0.25) is 0 Å². The smallest absolute Gasteiger partial charge is 0.253 e. The summed E-state index contributed by atoms with van der Waals surface area (Å²) in [7, 11) is 0. The van der Waals surface area contributed by atoms with Crippen LogP contribution in [0.15, 0.2) is 35.4 Å². The minimum absolute atomic E-state index is 0.181. The highest BCUT2D eigenvalue weighted by Crippen LogP contribution is 2.20. The molecule has 1 atom stereocenters. The molecule has 1 aromatic heterocycles. The molecular formula is C15H17F2N3O. The molecule has 0 aliphatic carbocycles. The van der Waals surface area contributed by atoms with Crippen LogP contribution in [0, 0.1) is 18.6 Å². The maximum Gasteiger partial charge on any atom is 0.253 e. The van der Waals surface area contributed by atoms with E-state index in [2.05, 4.69) is 10.3 Å². The quantitative estimate of drug-likeness (QED) is 0.919. The number of hydrogen-bond donors (Lipinski definition) is 1. The van der Waals surface area contributed by atoms with Crippen LogP contribution in [0.25, 0.3) is 0 Å². The summed E-state index contributed by atoms with van der Waals surface area (Å²) in [6, 6.07) is 4.94. The summed E-state index contributed by atoms with van der Waals surface area (Å²) < 4.78 is 28.7. The molecule has 0 bridgehead atoms. The first-order chi connectivity index (χ1) is 10.0. The van der Waals surface area contributed by atoms with Crippen LogP contribution in [0.3, 0.4) is 0 Å². The first kappa shape index (κ1) is 15.3. The normalized spacial score (nSPS) is 12.4. The van der Waals surface area contributed by atoms with Crippen molar-refractivity contribution in [2.45, 2.75) is 26.4 Å². The number of nitrogens with zero attached hydrogens (tertiary/aromatic N) is 2. The number of benzene rings is 1. The molecule has 0 amide bonds. The van der Waals surface area contributed by atoms with Gasteiger partial charge in [0, 0.05) is 23.9 Å². The molecule has 0 fully saturated rings. The van der Waals surface area contributed by atoms with Gasteiger partial charge < -0.3 is 5.32 Å². The van der Waals surface area contributed by atoms with E-state index in [0.717, 1.165) is 6.07 Å². The Bertz CT molecular complexity index is 685. The van der Waals surface area contributed by atoms with Crippen LogP contribution in [-0.4, -0.2) is 16.1 Å². The van der Waals surface area contributed by atoms with Gasteiger partial charge in [0.1, 0.15) is 0 Å². The monoisotopic (exact) mass is 293 g/mol. The highest BCUT2D eigenvalue weighted by molar-refractivity contribution is 5.22. The largest absolute Gasteiger partial charge is 0.309 e. The molecule has 0 saturated carbocycles. The molecule has 0 saturated heterocycles. The Hall–Kier alpha value is -2.08. The van der Waals surface area contributed by atoms with Crippen molar-refractivity contribution in [3.05, 3.63) is 63.8 Å². The fourth-order valence-corrected chi connectivity index (χ4v) is 2.16. The number of halogens is 2. The zero-order valence-electron chi connectivity index (χ0n) is 11.9. The van der Waals surface area contributed by atoms with E-state index in [1.165, 1.54) is 29.1 Å². The Kier molecular flexibility index (Phi) is 4.80.